The van der Waals surface area contributed by atoms with E-state index in [2.05, 4.69) is 15.5 Å². The van der Waals surface area contributed by atoms with Gasteiger partial charge in [0.25, 0.3) is 5.91 Å². The van der Waals surface area contributed by atoms with Crippen LogP contribution in [0.3, 0.4) is 0 Å². The van der Waals surface area contributed by atoms with Gasteiger partial charge in [-0.25, -0.2) is 14.5 Å². The normalized spacial score (nSPS) is 14.4. The summed E-state index contributed by atoms with van der Waals surface area (Å²) in [7, 11) is 0. The highest BCUT2D eigenvalue weighted by atomic mass is 35.5. The summed E-state index contributed by atoms with van der Waals surface area (Å²) >= 11 is 6.87. The molecule has 0 saturated heterocycles. The smallest absolute Gasteiger partial charge is 0.408 e. The van der Waals surface area contributed by atoms with Gasteiger partial charge in [0.1, 0.15) is 16.8 Å². The largest absolute Gasteiger partial charge is 0.444 e. The van der Waals surface area contributed by atoms with Crippen LogP contribution in [0, 0.1) is 6.92 Å². The number of amides is 2. The Morgan fingerprint density at radius 1 is 1.14 bits per heavy atom. The predicted molar refractivity (Wildman–Crippen MR) is 140 cm³/mol. The Balaban J connectivity index is 1.64. The molecule has 1 N–H and O–H groups in total. The Morgan fingerprint density at radius 3 is 2.43 bits per heavy atom. The molecule has 1 fully saturated rings. The first-order valence-electron chi connectivity index (χ1n) is 12.0. The summed E-state index contributed by atoms with van der Waals surface area (Å²) in [4.78, 5) is 31.4. The molecule has 0 spiro atoms. The average Bonchev–Trinajstić information content (AvgIpc) is 3.40. The van der Waals surface area contributed by atoms with Crippen molar-refractivity contribution in [2.45, 2.75) is 58.2 Å². The fourth-order valence-corrected chi connectivity index (χ4v) is 4.60. The summed E-state index contributed by atoms with van der Waals surface area (Å²) in [5, 5.41) is 9.65. The third-order valence-corrected chi connectivity index (χ3v) is 6.46. The van der Waals surface area contributed by atoms with E-state index in [9.17, 15) is 9.59 Å². The summed E-state index contributed by atoms with van der Waals surface area (Å²) in [6, 6.07) is 17.1. The zero-order chi connectivity index (χ0) is 26.4. The van der Waals surface area contributed by atoms with Gasteiger partial charge in [-0.3, -0.25) is 4.79 Å². The lowest BCUT2D eigenvalue weighted by Gasteiger charge is -2.31. The lowest BCUT2D eigenvalue weighted by Crippen LogP contribution is -2.55. The number of ether oxygens (including phenoxy) is 1. The van der Waals surface area contributed by atoms with Crippen LogP contribution in [0.4, 0.5) is 4.79 Å². The van der Waals surface area contributed by atoms with Gasteiger partial charge < -0.3 is 14.6 Å². The van der Waals surface area contributed by atoms with Crippen molar-refractivity contribution in [2.24, 2.45) is 0 Å². The van der Waals surface area contributed by atoms with Crippen molar-refractivity contribution in [3.05, 3.63) is 71.1 Å². The van der Waals surface area contributed by atoms with Crippen LogP contribution in [0.2, 0.25) is 5.02 Å². The van der Waals surface area contributed by atoms with Gasteiger partial charge >= 0.3 is 6.09 Å². The van der Waals surface area contributed by atoms with Crippen molar-refractivity contribution in [1.82, 2.24) is 20.1 Å². The first kappa shape index (κ1) is 24.8. The summed E-state index contributed by atoms with van der Waals surface area (Å²) in [6.07, 6.45) is 0.335. The zero-order valence-electron chi connectivity index (χ0n) is 21.1. The minimum atomic E-state index is -1.10. The van der Waals surface area contributed by atoms with E-state index in [-0.39, 0.29) is 18.3 Å². The molecule has 2 amide bonds. The highest BCUT2D eigenvalue weighted by molar-refractivity contribution is 6.38. The molecular weight excluding hydrogens is 494 g/mol. The first-order chi connectivity index (χ1) is 17.6. The molecule has 0 unspecified atom stereocenters. The van der Waals surface area contributed by atoms with Crippen molar-refractivity contribution in [2.75, 3.05) is 5.01 Å². The van der Waals surface area contributed by atoms with Crippen molar-refractivity contribution >= 4 is 34.5 Å². The molecule has 1 aliphatic rings. The molecule has 4 aromatic rings. The van der Waals surface area contributed by atoms with E-state index >= 15 is 0 Å². The third-order valence-electron chi connectivity index (χ3n) is 6.08. The predicted octanol–water partition coefficient (Wildman–Crippen LogP) is 5.38. The van der Waals surface area contributed by atoms with Crippen LogP contribution in [-0.4, -0.2) is 38.0 Å². The van der Waals surface area contributed by atoms with E-state index in [0.717, 1.165) is 10.9 Å². The highest BCUT2D eigenvalue weighted by Crippen LogP contribution is 2.41. The molecule has 9 nitrogen and oxygen atoms in total. The number of aryl methyl sites for hydroxylation is 1. The number of nitrogens with zero attached hydrogens (tertiary/aromatic N) is 4. The minimum absolute atomic E-state index is 0.219. The van der Waals surface area contributed by atoms with E-state index in [0.29, 0.717) is 35.0 Å². The number of aromatic nitrogens is 3. The van der Waals surface area contributed by atoms with E-state index in [1.165, 1.54) is 0 Å². The molecule has 0 atom stereocenters. The quantitative estimate of drug-likeness (QED) is 0.365. The van der Waals surface area contributed by atoms with Crippen molar-refractivity contribution in [1.29, 1.82) is 0 Å². The maximum absolute atomic E-state index is 14.3. The van der Waals surface area contributed by atoms with E-state index in [1.54, 1.807) is 37.4 Å². The second-order valence-corrected chi connectivity index (χ2v) is 10.6. The average molecular weight is 522 g/mol. The van der Waals surface area contributed by atoms with Crippen molar-refractivity contribution < 1.29 is 18.8 Å². The number of fused-ring (bicyclic) bond motifs is 1. The van der Waals surface area contributed by atoms with E-state index < -0.39 is 17.2 Å². The molecule has 1 aliphatic carbocycles. The van der Waals surface area contributed by atoms with Gasteiger partial charge in [-0.2, -0.15) is 4.98 Å². The number of para-hydroxylation sites is 1. The van der Waals surface area contributed by atoms with Crippen LogP contribution in [0.5, 0.6) is 0 Å². The van der Waals surface area contributed by atoms with Crippen LogP contribution in [0.25, 0.3) is 22.4 Å². The molecule has 2 heterocycles. The Morgan fingerprint density at radius 2 is 1.81 bits per heavy atom. The van der Waals surface area contributed by atoms with Crippen LogP contribution in [0.1, 0.15) is 45.1 Å². The highest BCUT2D eigenvalue weighted by Gasteiger charge is 2.54. The number of nitrogens with one attached hydrogen (secondary N) is 1. The van der Waals surface area contributed by atoms with Crippen LogP contribution in [-0.2, 0) is 16.1 Å². The van der Waals surface area contributed by atoms with Crippen LogP contribution < -0.4 is 10.3 Å². The van der Waals surface area contributed by atoms with Gasteiger partial charge in [0.05, 0.1) is 17.1 Å². The van der Waals surface area contributed by atoms with E-state index in [1.807, 2.05) is 54.6 Å². The Kier molecular flexibility index (Phi) is 6.19. The molecule has 5 rings (SSSR count). The number of hydrogen-bond acceptors (Lipinski definition) is 6. The van der Waals surface area contributed by atoms with Gasteiger partial charge in [0.15, 0.2) is 0 Å². The molecule has 1 saturated carbocycles. The van der Waals surface area contributed by atoms with Crippen molar-refractivity contribution in [3.63, 3.8) is 0 Å². The van der Waals surface area contributed by atoms with Gasteiger partial charge in [-0.1, -0.05) is 65.3 Å². The monoisotopic (exact) mass is 521 g/mol. The number of hydrogen-bond donors (Lipinski definition) is 1. The number of halogens is 1. The fourth-order valence-electron chi connectivity index (χ4n) is 4.28. The molecule has 0 aliphatic heterocycles. The number of benzene rings is 2. The number of alkyl carbamates (subject to hydrolysis) is 1. The molecule has 10 heteroatoms. The number of rotatable bonds is 6. The topological polar surface area (TPSA) is 102 Å². The Bertz CT molecular complexity index is 1470. The van der Waals surface area contributed by atoms with Crippen molar-refractivity contribution in [3.8, 4) is 11.5 Å². The molecule has 192 valence electrons. The maximum Gasteiger partial charge on any atom is 0.408 e. The second-order valence-electron chi connectivity index (χ2n) is 10.2. The summed E-state index contributed by atoms with van der Waals surface area (Å²) in [5.74, 6) is 0.338. The third kappa shape index (κ3) is 4.91. The summed E-state index contributed by atoms with van der Waals surface area (Å²) < 4.78 is 12.4. The number of carbonyl (C=O) groups excluding carboxylic acids is 2. The molecule has 0 bridgehead atoms. The zero-order valence-corrected chi connectivity index (χ0v) is 21.9. The summed E-state index contributed by atoms with van der Waals surface area (Å²) in [6.45, 7) is 7.25. The molecule has 2 aromatic carbocycles. The molecule has 2 aromatic heterocycles. The Labute approximate surface area is 219 Å². The van der Waals surface area contributed by atoms with Gasteiger partial charge in [0.2, 0.25) is 11.7 Å². The van der Waals surface area contributed by atoms with Crippen LogP contribution >= 0.6 is 11.6 Å². The van der Waals surface area contributed by atoms with Gasteiger partial charge in [0, 0.05) is 12.3 Å². The number of carbonyl (C=O) groups is 2. The lowest BCUT2D eigenvalue weighted by atomic mass is 10.2. The van der Waals surface area contributed by atoms with Gasteiger partial charge in [-0.15, -0.1) is 0 Å². The van der Waals surface area contributed by atoms with Gasteiger partial charge in [-0.05, 0) is 45.2 Å². The molecule has 0 radical (unpaired) electrons. The minimum Gasteiger partial charge on any atom is -0.444 e. The van der Waals surface area contributed by atoms with E-state index in [4.69, 9.17) is 20.9 Å². The van der Waals surface area contributed by atoms with Crippen LogP contribution in [0.15, 0.2) is 59.1 Å². The fraction of sp³-hybridized carbons (Fsp3) is 0.333. The molecule has 37 heavy (non-hydrogen) atoms. The standard InChI is InChI=1S/C27H28ClN5O4/c1-17-29-23(31-37-17)22-21(28)19-12-8-9-13-20(19)33(22)32(16-18-10-6-5-7-11-18)24(34)27(14-15-27)30-25(35)36-26(2,3)4/h5-13H,14-16H2,1-4H3,(H,30,35). The maximum atomic E-state index is 14.3. The Hall–Kier alpha value is -3.85. The first-order valence-corrected chi connectivity index (χ1v) is 12.4. The summed E-state index contributed by atoms with van der Waals surface area (Å²) in [5.41, 5.74) is 0.229. The molecular formula is C27H28ClN5O4. The SMILES string of the molecule is Cc1nc(-c2c(Cl)c3ccccc3n2N(Cc2ccccc2)C(=O)C2(NC(=O)OC(C)(C)C)CC2)no1. The second kappa shape index (κ2) is 9.23. The lowest BCUT2D eigenvalue weighted by molar-refractivity contribution is -0.123.